The summed E-state index contributed by atoms with van der Waals surface area (Å²) in [5.74, 6) is 0. The summed E-state index contributed by atoms with van der Waals surface area (Å²) < 4.78 is 0. The highest BCUT2D eigenvalue weighted by molar-refractivity contribution is 6.28. The number of aromatic nitrogens is 1. The van der Waals surface area contributed by atoms with Crippen LogP contribution in [0.5, 0.6) is 0 Å². The van der Waals surface area contributed by atoms with Crippen molar-refractivity contribution in [1.29, 1.82) is 0 Å². The predicted octanol–water partition coefficient (Wildman–Crippen LogP) is 11.5. The summed E-state index contributed by atoms with van der Waals surface area (Å²) in [5, 5.41) is 7.59. The van der Waals surface area contributed by atoms with E-state index in [4.69, 9.17) is 4.98 Å². The molecule has 0 amide bonds. The summed E-state index contributed by atoms with van der Waals surface area (Å²) in [6.07, 6.45) is 2.05. The van der Waals surface area contributed by atoms with Crippen LogP contribution in [0.4, 0.5) is 0 Å². The molecular weight excluding hydrogens is 518 g/mol. The van der Waals surface area contributed by atoms with Gasteiger partial charge in [0.25, 0.3) is 0 Å². The number of rotatable bonds is 3. The number of fused-ring (bicyclic) bond motifs is 5. The molecule has 1 heterocycles. The Kier molecular flexibility index (Phi) is 5.18. The van der Waals surface area contributed by atoms with Gasteiger partial charge in [0.2, 0.25) is 0 Å². The number of aryl methyl sites for hydroxylation is 1. The molecule has 0 N–H and O–H groups in total. The highest BCUT2D eigenvalue weighted by Gasteiger charge is 2.31. The van der Waals surface area contributed by atoms with Gasteiger partial charge in [-0.25, -0.2) is 0 Å². The van der Waals surface area contributed by atoms with E-state index < -0.39 is 0 Å². The van der Waals surface area contributed by atoms with Gasteiger partial charge in [0.1, 0.15) is 0 Å². The maximum absolute atomic E-state index is 4.84. The summed E-state index contributed by atoms with van der Waals surface area (Å²) in [4.78, 5) is 4.84. The minimum atomic E-state index is 1.06. The molecule has 0 saturated heterocycles. The van der Waals surface area contributed by atoms with Gasteiger partial charge in [-0.2, -0.15) is 0 Å². The molecule has 8 aromatic rings. The van der Waals surface area contributed by atoms with Crippen molar-refractivity contribution in [3.05, 3.63) is 151 Å². The third-order valence-corrected chi connectivity index (χ3v) is 9.16. The Labute approximate surface area is 250 Å². The van der Waals surface area contributed by atoms with Crippen LogP contribution in [0.15, 0.2) is 146 Å². The first-order chi connectivity index (χ1) is 21.3. The Balaban J connectivity index is 1.47. The van der Waals surface area contributed by atoms with Crippen LogP contribution in [-0.2, 0) is 0 Å². The topological polar surface area (TPSA) is 12.9 Å². The largest absolute Gasteiger partial charge is 0.260 e. The normalized spacial score (nSPS) is 11.8. The maximum atomic E-state index is 4.84. The van der Waals surface area contributed by atoms with E-state index in [1.165, 1.54) is 88.0 Å². The van der Waals surface area contributed by atoms with Crippen molar-refractivity contribution in [2.75, 3.05) is 0 Å². The molecular formula is C42H27N. The van der Waals surface area contributed by atoms with Crippen LogP contribution in [0, 0.1) is 6.92 Å². The van der Waals surface area contributed by atoms with Gasteiger partial charge in [-0.15, -0.1) is 0 Å². The average molecular weight is 546 g/mol. The van der Waals surface area contributed by atoms with E-state index in [0.29, 0.717) is 0 Å². The van der Waals surface area contributed by atoms with E-state index in [1.807, 2.05) is 0 Å². The summed E-state index contributed by atoms with van der Waals surface area (Å²) in [7, 11) is 0. The van der Waals surface area contributed by atoms with Crippen LogP contribution in [0.1, 0.15) is 5.69 Å². The fourth-order valence-corrected chi connectivity index (χ4v) is 7.34. The Morgan fingerprint density at radius 2 is 0.953 bits per heavy atom. The molecule has 1 heteroatoms. The lowest BCUT2D eigenvalue weighted by Crippen LogP contribution is -1.93. The molecule has 0 aliphatic heterocycles. The molecule has 200 valence electrons. The van der Waals surface area contributed by atoms with E-state index in [1.54, 1.807) is 0 Å². The molecule has 7 aromatic carbocycles. The lowest BCUT2D eigenvalue weighted by atomic mass is 9.82. The van der Waals surface area contributed by atoms with Crippen LogP contribution in [0.2, 0.25) is 0 Å². The maximum Gasteiger partial charge on any atom is 0.0451 e. The number of benzene rings is 7. The Morgan fingerprint density at radius 3 is 1.60 bits per heavy atom. The zero-order chi connectivity index (χ0) is 28.5. The summed E-state index contributed by atoms with van der Waals surface area (Å²) in [6, 6.07) is 51.0. The molecule has 0 bridgehead atoms. The van der Waals surface area contributed by atoms with Gasteiger partial charge < -0.3 is 0 Å². The standard InChI is InChI=1S/C42H27N/c1-26-31-18-8-9-19-32(31)37(25-43-26)30-23-29-17-12-22-35-38(29)36(24-30)42-40(28-15-6-3-7-16-28)34-21-11-10-20-33(34)39(41(35)42)27-13-4-2-5-14-27/h2-25H,1H3. The molecule has 0 spiro atoms. The second-order valence-corrected chi connectivity index (χ2v) is 11.5. The van der Waals surface area contributed by atoms with E-state index in [0.717, 1.165) is 5.69 Å². The smallest absolute Gasteiger partial charge is 0.0451 e. The van der Waals surface area contributed by atoms with Crippen molar-refractivity contribution in [2.45, 2.75) is 6.92 Å². The molecule has 0 atom stereocenters. The van der Waals surface area contributed by atoms with Crippen molar-refractivity contribution in [3.63, 3.8) is 0 Å². The van der Waals surface area contributed by atoms with Crippen molar-refractivity contribution in [3.8, 4) is 55.6 Å². The quantitative estimate of drug-likeness (QED) is 0.215. The fourth-order valence-electron chi connectivity index (χ4n) is 7.34. The van der Waals surface area contributed by atoms with Crippen LogP contribution >= 0.6 is 0 Å². The third kappa shape index (κ3) is 3.49. The van der Waals surface area contributed by atoms with E-state index >= 15 is 0 Å². The Bertz CT molecular complexity index is 2380. The van der Waals surface area contributed by atoms with E-state index in [-0.39, 0.29) is 0 Å². The monoisotopic (exact) mass is 545 g/mol. The van der Waals surface area contributed by atoms with Crippen molar-refractivity contribution >= 4 is 32.3 Å². The lowest BCUT2D eigenvalue weighted by Gasteiger charge is -2.20. The molecule has 1 nitrogen and oxygen atoms in total. The first-order valence-electron chi connectivity index (χ1n) is 14.9. The highest BCUT2D eigenvalue weighted by Crippen LogP contribution is 2.58. The Hall–Kier alpha value is -5.53. The van der Waals surface area contributed by atoms with Crippen LogP contribution in [-0.4, -0.2) is 4.98 Å². The van der Waals surface area contributed by atoms with Crippen LogP contribution < -0.4 is 0 Å². The predicted molar refractivity (Wildman–Crippen MR) is 182 cm³/mol. The number of pyridine rings is 1. The molecule has 1 aliphatic carbocycles. The first-order valence-corrected chi connectivity index (χ1v) is 14.9. The minimum absolute atomic E-state index is 1.06. The van der Waals surface area contributed by atoms with Gasteiger partial charge in [0.05, 0.1) is 0 Å². The zero-order valence-electron chi connectivity index (χ0n) is 23.8. The highest BCUT2D eigenvalue weighted by atomic mass is 14.7. The van der Waals surface area contributed by atoms with Gasteiger partial charge >= 0.3 is 0 Å². The summed E-state index contributed by atoms with van der Waals surface area (Å²) in [5.41, 5.74) is 13.8. The molecule has 1 aromatic heterocycles. The lowest BCUT2D eigenvalue weighted by molar-refractivity contribution is 1.24. The average Bonchev–Trinajstić information content (AvgIpc) is 3.39. The minimum Gasteiger partial charge on any atom is -0.260 e. The van der Waals surface area contributed by atoms with Gasteiger partial charge in [-0.3, -0.25) is 4.98 Å². The number of nitrogens with zero attached hydrogens (tertiary/aromatic N) is 1. The van der Waals surface area contributed by atoms with Crippen LogP contribution in [0.25, 0.3) is 88.0 Å². The second-order valence-electron chi connectivity index (χ2n) is 11.5. The fraction of sp³-hybridized carbons (Fsp3) is 0.0238. The summed E-state index contributed by atoms with van der Waals surface area (Å²) >= 11 is 0. The third-order valence-electron chi connectivity index (χ3n) is 9.16. The molecule has 0 unspecified atom stereocenters. The SMILES string of the molecule is Cc1ncc(-c2cc3c4c(cccc4c2)-c2c-3c(-c3ccccc3)c3ccccc3c2-c2ccccc2)c2ccccc12. The number of hydrogen-bond acceptors (Lipinski definition) is 1. The van der Waals surface area contributed by atoms with Gasteiger partial charge in [-0.1, -0.05) is 127 Å². The van der Waals surface area contributed by atoms with Crippen molar-refractivity contribution in [1.82, 2.24) is 4.98 Å². The van der Waals surface area contributed by atoms with Crippen LogP contribution in [0.3, 0.4) is 0 Å². The van der Waals surface area contributed by atoms with E-state index in [2.05, 4.69) is 153 Å². The van der Waals surface area contributed by atoms with E-state index in [9.17, 15) is 0 Å². The molecule has 9 rings (SSSR count). The number of hydrogen-bond donors (Lipinski definition) is 0. The summed E-state index contributed by atoms with van der Waals surface area (Å²) in [6.45, 7) is 2.09. The van der Waals surface area contributed by atoms with Crippen molar-refractivity contribution < 1.29 is 0 Å². The Morgan fingerprint density at radius 1 is 0.395 bits per heavy atom. The molecule has 0 fully saturated rings. The molecule has 0 radical (unpaired) electrons. The van der Waals surface area contributed by atoms with Gasteiger partial charge in [0.15, 0.2) is 0 Å². The molecule has 43 heavy (non-hydrogen) atoms. The molecule has 1 aliphatic rings. The zero-order valence-corrected chi connectivity index (χ0v) is 23.8. The van der Waals surface area contributed by atoms with Gasteiger partial charge in [0, 0.05) is 22.8 Å². The first kappa shape index (κ1) is 24.1. The van der Waals surface area contributed by atoms with Crippen molar-refractivity contribution in [2.24, 2.45) is 0 Å². The van der Waals surface area contributed by atoms with Gasteiger partial charge in [-0.05, 0) is 96.1 Å². The second kappa shape index (κ2) is 9.24. The molecule has 0 saturated carbocycles.